The molecule has 5 heterocycles. The van der Waals surface area contributed by atoms with Gasteiger partial charge in [-0.25, -0.2) is 4.79 Å². The van der Waals surface area contributed by atoms with E-state index < -0.39 is 0 Å². The summed E-state index contributed by atoms with van der Waals surface area (Å²) < 4.78 is 6.03. The number of benzene rings is 1. The van der Waals surface area contributed by atoms with E-state index in [1.54, 1.807) is 24.5 Å². The Morgan fingerprint density at radius 1 is 0.949 bits per heavy atom. The van der Waals surface area contributed by atoms with Crippen molar-refractivity contribution >= 4 is 29.3 Å². The van der Waals surface area contributed by atoms with E-state index in [0.717, 1.165) is 63.5 Å². The largest absolute Gasteiger partial charge is 0.371 e. The van der Waals surface area contributed by atoms with Crippen molar-refractivity contribution in [2.75, 3.05) is 53.6 Å². The average molecular weight is 530 g/mol. The van der Waals surface area contributed by atoms with Crippen molar-refractivity contribution in [3.05, 3.63) is 48.8 Å². The molecule has 39 heavy (non-hydrogen) atoms. The number of aromatic nitrogens is 4. The average Bonchev–Trinajstić information content (AvgIpc) is 3.31. The first-order chi connectivity index (χ1) is 19.2. The lowest BCUT2D eigenvalue weighted by atomic mass is 9.95. The van der Waals surface area contributed by atoms with E-state index >= 15 is 0 Å². The Labute approximate surface area is 228 Å². The van der Waals surface area contributed by atoms with Crippen LogP contribution in [0.3, 0.4) is 0 Å². The van der Waals surface area contributed by atoms with E-state index in [9.17, 15) is 4.79 Å². The minimum Gasteiger partial charge on any atom is -0.371 e. The van der Waals surface area contributed by atoms with Crippen molar-refractivity contribution in [2.45, 2.75) is 44.3 Å². The van der Waals surface area contributed by atoms with Crippen LogP contribution in [0.2, 0.25) is 0 Å². The van der Waals surface area contributed by atoms with Crippen molar-refractivity contribution in [1.29, 1.82) is 0 Å². The highest BCUT2D eigenvalue weighted by Crippen LogP contribution is 2.30. The van der Waals surface area contributed by atoms with Crippen LogP contribution in [-0.2, 0) is 4.74 Å². The fourth-order valence-electron chi connectivity index (χ4n) is 5.48. The van der Waals surface area contributed by atoms with Crippen LogP contribution in [0.25, 0.3) is 11.4 Å². The molecule has 2 unspecified atom stereocenters. The van der Waals surface area contributed by atoms with Crippen LogP contribution < -0.4 is 26.2 Å². The Morgan fingerprint density at radius 2 is 1.72 bits per heavy atom. The van der Waals surface area contributed by atoms with E-state index in [0.29, 0.717) is 29.1 Å². The van der Waals surface area contributed by atoms with Crippen LogP contribution in [-0.4, -0.2) is 70.9 Å². The molecular formula is C28H35N9O2. The predicted molar refractivity (Wildman–Crippen MR) is 151 cm³/mol. The summed E-state index contributed by atoms with van der Waals surface area (Å²) in [7, 11) is 0. The molecule has 0 spiro atoms. The number of fused-ring (bicyclic) bond motifs is 2. The lowest BCUT2D eigenvalue weighted by molar-refractivity contribution is 0.0299. The second-order valence-electron chi connectivity index (χ2n) is 10.5. The third kappa shape index (κ3) is 6.61. The summed E-state index contributed by atoms with van der Waals surface area (Å²) in [6.07, 6.45) is 9.44. The molecule has 3 aromatic rings. The van der Waals surface area contributed by atoms with E-state index in [4.69, 9.17) is 19.7 Å². The number of rotatable bonds is 8. The van der Waals surface area contributed by atoms with Gasteiger partial charge in [0.25, 0.3) is 0 Å². The maximum absolute atomic E-state index is 12.4. The van der Waals surface area contributed by atoms with Gasteiger partial charge in [0.2, 0.25) is 11.9 Å². The van der Waals surface area contributed by atoms with Crippen LogP contribution in [0.15, 0.2) is 48.8 Å². The second-order valence-corrected chi connectivity index (χ2v) is 10.5. The van der Waals surface area contributed by atoms with Crippen molar-refractivity contribution in [1.82, 2.24) is 25.3 Å². The van der Waals surface area contributed by atoms with Gasteiger partial charge >= 0.3 is 6.03 Å². The molecule has 11 heteroatoms. The van der Waals surface area contributed by atoms with Gasteiger partial charge in [-0.3, -0.25) is 4.98 Å². The van der Waals surface area contributed by atoms with E-state index in [1.165, 1.54) is 12.8 Å². The summed E-state index contributed by atoms with van der Waals surface area (Å²) in [5.74, 6) is 2.61. The number of amides is 2. The fraction of sp³-hybridized carbons (Fsp3) is 0.464. The number of hydrogen-bond acceptors (Lipinski definition) is 9. The van der Waals surface area contributed by atoms with Gasteiger partial charge < -0.3 is 30.9 Å². The highest BCUT2D eigenvalue weighted by molar-refractivity contribution is 5.99. The molecule has 0 radical (unpaired) electrons. The summed E-state index contributed by atoms with van der Waals surface area (Å²) in [6.45, 7) is 4.61. The zero-order valence-corrected chi connectivity index (χ0v) is 22.0. The van der Waals surface area contributed by atoms with Gasteiger partial charge in [0.05, 0.1) is 24.1 Å². The number of nitrogens with zero attached hydrogens (tertiary/aromatic N) is 5. The van der Waals surface area contributed by atoms with Crippen LogP contribution >= 0.6 is 0 Å². The first-order valence-electron chi connectivity index (χ1n) is 13.9. The number of nitrogens with one attached hydrogen (secondary N) is 4. The zero-order valence-electron chi connectivity index (χ0n) is 22.0. The number of ether oxygens (including phenoxy) is 1. The predicted octanol–water partition coefficient (Wildman–Crippen LogP) is 3.75. The summed E-state index contributed by atoms with van der Waals surface area (Å²) in [4.78, 5) is 33.1. The number of carbonyl (C=O) groups is 1. The minimum absolute atomic E-state index is 0.239. The maximum atomic E-state index is 12.4. The standard InChI is InChI=1S/C28H35N9O2/c38-28(33-22-2-1-12-30-16-22)32-21-5-3-20(4-6-21)25-34-26(31-15-11-19-9-13-29-14-10-19)36-27(35-25)37-17-23-7-8-24(18-37)39-23/h1-6,12,16,19,23-24,29H,7-11,13-15,17-18H2,(H2,32,33,38)(H,31,34,35,36). The Balaban J connectivity index is 1.17. The summed E-state index contributed by atoms with van der Waals surface area (Å²) in [6, 6.07) is 10.8. The van der Waals surface area contributed by atoms with Crippen LogP contribution in [0.4, 0.5) is 28.1 Å². The maximum Gasteiger partial charge on any atom is 0.323 e. The quantitative estimate of drug-likeness (QED) is 0.345. The first-order valence-corrected chi connectivity index (χ1v) is 13.9. The highest BCUT2D eigenvalue weighted by atomic mass is 16.5. The van der Waals surface area contributed by atoms with Crippen molar-refractivity contribution in [2.24, 2.45) is 5.92 Å². The molecule has 3 aliphatic rings. The molecule has 2 aromatic heterocycles. The lowest BCUT2D eigenvalue weighted by Gasteiger charge is -2.32. The number of anilines is 4. The molecule has 0 saturated carbocycles. The summed E-state index contributed by atoms with van der Waals surface area (Å²) in [5.41, 5.74) is 2.15. The normalized spacial score (nSPS) is 21.0. The monoisotopic (exact) mass is 529 g/mol. The van der Waals surface area contributed by atoms with Gasteiger partial charge in [0.1, 0.15) is 0 Å². The first kappa shape index (κ1) is 25.4. The third-order valence-electron chi connectivity index (χ3n) is 7.56. The molecule has 1 aromatic carbocycles. The topological polar surface area (TPSA) is 129 Å². The number of morpholine rings is 1. The number of pyridine rings is 1. The molecule has 4 N–H and O–H groups in total. The van der Waals surface area contributed by atoms with E-state index in [1.807, 2.05) is 24.3 Å². The smallest absolute Gasteiger partial charge is 0.323 e. The van der Waals surface area contributed by atoms with Gasteiger partial charge in [0.15, 0.2) is 5.82 Å². The number of carbonyl (C=O) groups excluding carboxylic acids is 1. The lowest BCUT2D eigenvalue weighted by Crippen LogP contribution is -2.43. The number of urea groups is 1. The molecule has 204 valence electrons. The molecule has 2 atom stereocenters. The SMILES string of the molecule is O=C(Nc1ccc(-c2nc(NCCC3CCNCC3)nc(N3CC4CCC(C3)O4)n2)cc1)Nc1cccnc1. The number of piperidine rings is 1. The molecule has 0 aliphatic carbocycles. The van der Waals surface area contributed by atoms with E-state index in [-0.39, 0.29) is 18.2 Å². The van der Waals surface area contributed by atoms with E-state index in [2.05, 4.69) is 31.2 Å². The molecule has 2 bridgehead atoms. The third-order valence-corrected chi connectivity index (χ3v) is 7.56. The van der Waals surface area contributed by atoms with Gasteiger partial charge in [-0.2, -0.15) is 15.0 Å². The Morgan fingerprint density at radius 3 is 2.46 bits per heavy atom. The second kappa shape index (κ2) is 11.9. The minimum atomic E-state index is -0.333. The van der Waals surface area contributed by atoms with Crippen molar-refractivity contribution in [3.8, 4) is 11.4 Å². The Bertz CT molecular complexity index is 1240. The molecule has 2 amide bonds. The molecule has 3 saturated heterocycles. The molecule has 11 nitrogen and oxygen atoms in total. The van der Waals surface area contributed by atoms with Gasteiger partial charge in [-0.05, 0) is 87.5 Å². The van der Waals surface area contributed by atoms with Crippen LogP contribution in [0, 0.1) is 5.92 Å². The van der Waals surface area contributed by atoms with Gasteiger partial charge in [0, 0.05) is 37.1 Å². The summed E-state index contributed by atoms with van der Waals surface area (Å²) in [5, 5.41) is 12.5. The number of hydrogen-bond donors (Lipinski definition) is 4. The molecular weight excluding hydrogens is 494 g/mol. The Hall–Kier alpha value is -3.83. The van der Waals surface area contributed by atoms with Gasteiger partial charge in [-0.1, -0.05) is 0 Å². The Kier molecular flexibility index (Phi) is 7.78. The zero-order chi connectivity index (χ0) is 26.4. The molecule has 3 aliphatic heterocycles. The van der Waals surface area contributed by atoms with Crippen molar-refractivity contribution in [3.63, 3.8) is 0 Å². The highest BCUT2D eigenvalue weighted by Gasteiger charge is 2.35. The molecule has 3 fully saturated rings. The van der Waals surface area contributed by atoms with Gasteiger partial charge in [-0.15, -0.1) is 0 Å². The van der Waals surface area contributed by atoms with Crippen molar-refractivity contribution < 1.29 is 9.53 Å². The van der Waals surface area contributed by atoms with Crippen LogP contribution in [0.1, 0.15) is 32.1 Å². The summed E-state index contributed by atoms with van der Waals surface area (Å²) >= 11 is 0. The fourth-order valence-corrected chi connectivity index (χ4v) is 5.48. The van der Waals surface area contributed by atoms with Crippen LogP contribution in [0.5, 0.6) is 0 Å². The molecule has 6 rings (SSSR count).